The van der Waals surface area contributed by atoms with Crippen molar-refractivity contribution in [3.63, 3.8) is 0 Å². The molecule has 2 rings (SSSR count). The highest BCUT2D eigenvalue weighted by Crippen LogP contribution is 2.09. The van der Waals surface area contributed by atoms with Gasteiger partial charge >= 0.3 is 6.09 Å². The molecule has 5 nitrogen and oxygen atoms in total. The second-order valence-electron chi connectivity index (χ2n) is 3.93. The molecular weight excluding hydrogens is 206 g/mol. The molecule has 84 valence electrons. The molecule has 0 aliphatic rings. The Labute approximate surface area is 93.1 Å². The Morgan fingerprint density at radius 3 is 3.06 bits per heavy atom. The average molecular weight is 219 g/mol. The zero-order valence-corrected chi connectivity index (χ0v) is 9.25. The van der Waals surface area contributed by atoms with Crippen LogP contribution in [-0.2, 0) is 4.74 Å². The molecule has 0 aliphatic carbocycles. The number of carbonyl (C=O) groups excluding carboxylic acids is 1. The Hall–Kier alpha value is -1.91. The first-order valence-electron chi connectivity index (χ1n) is 5.13. The van der Waals surface area contributed by atoms with Gasteiger partial charge in [-0.05, 0) is 18.1 Å². The van der Waals surface area contributed by atoms with Crippen LogP contribution in [0.2, 0.25) is 0 Å². The smallest absolute Gasteiger partial charge is 0.419 e. The summed E-state index contributed by atoms with van der Waals surface area (Å²) in [5.41, 5.74) is 1.21. The number of imidazole rings is 1. The minimum atomic E-state index is -0.413. The van der Waals surface area contributed by atoms with E-state index in [0.29, 0.717) is 23.7 Å². The number of fused-ring (bicyclic) bond motifs is 1. The first kappa shape index (κ1) is 10.6. The fourth-order valence-electron chi connectivity index (χ4n) is 1.30. The Morgan fingerprint density at radius 2 is 2.31 bits per heavy atom. The van der Waals surface area contributed by atoms with E-state index in [2.05, 4.69) is 9.97 Å². The van der Waals surface area contributed by atoms with Gasteiger partial charge in [0.1, 0.15) is 6.33 Å². The van der Waals surface area contributed by atoms with E-state index in [4.69, 9.17) is 4.74 Å². The lowest BCUT2D eigenvalue weighted by molar-refractivity contribution is 0.135. The average Bonchev–Trinajstić information content (AvgIpc) is 2.69. The van der Waals surface area contributed by atoms with Gasteiger partial charge in [-0.1, -0.05) is 13.8 Å². The van der Waals surface area contributed by atoms with Gasteiger partial charge in [-0.25, -0.2) is 19.3 Å². The van der Waals surface area contributed by atoms with Gasteiger partial charge in [0, 0.05) is 6.20 Å². The lowest BCUT2D eigenvalue weighted by Gasteiger charge is -2.07. The van der Waals surface area contributed by atoms with Gasteiger partial charge in [0.25, 0.3) is 0 Å². The third kappa shape index (κ3) is 2.03. The molecule has 0 aliphatic heterocycles. The summed E-state index contributed by atoms with van der Waals surface area (Å²) < 4.78 is 6.48. The van der Waals surface area contributed by atoms with E-state index in [-0.39, 0.29) is 0 Å². The first-order valence-corrected chi connectivity index (χ1v) is 5.13. The standard InChI is InChI=1S/C11H13N3O2/c1-8(2)6-16-11(15)14-7-13-10-9(14)4-3-5-12-10/h3-5,7-8H,6H2,1-2H3. The van der Waals surface area contributed by atoms with Crippen molar-refractivity contribution in [3.8, 4) is 0 Å². The van der Waals surface area contributed by atoms with Gasteiger partial charge in [-0.3, -0.25) is 0 Å². The van der Waals surface area contributed by atoms with E-state index in [1.54, 1.807) is 18.3 Å². The highest BCUT2D eigenvalue weighted by atomic mass is 16.5. The SMILES string of the molecule is CC(C)COC(=O)n1cnc2ncccc21. The number of hydrogen-bond acceptors (Lipinski definition) is 4. The molecule has 0 saturated heterocycles. The van der Waals surface area contributed by atoms with E-state index in [1.807, 2.05) is 13.8 Å². The molecule has 0 fully saturated rings. The normalized spacial score (nSPS) is 10.9. The molecule has 2 aromatic rings. The molecule has 0 saturated carbocycles. The van der Waals surface area contributed by atoms with Gasteiger partial charge in [-0.15, -0.1) is 0 Å². The maximum atomic E-state index is 11.7. The summed E-state index contributed by atoms with van der Waals surface area (Å²) in [7, 11) is 0. The van der Waals surface area contributed by atoms with Crippen LogP contribution < -0.4 is 0 Å². The second-order valence-corrected chi connectivity index (χ2v) is 3.93. The van der Waals surface area contributed by atoms with Crippen LogP contribution in [0.15, 0.2) is 24.7 Å². The van der Waals surface area contributed by atoms with Crippen LogP contribution in [0.5, 0.6) is 0 Å². The van der Waals surface area contributed by atoms with Crippen molar-refractivity contribution in [3.05, 3.63) is 24.7 Å². The third-order valence-corrected chi connectivity index (χ3v) is 2.06. The summed E-state index contributed by atoms with van der Waals surface area (Å²) in [4.78, 5) is 19.8. The second kappa shape index (κ2) is 4.30. The zero-order valence-electron chi connectivity index (χ0n) is 9.25. The summed E-state index contributed by atoms with van der Waals surface area (Å²) in [5, 5.41) is 0. The van der Waals surface area contributed by atoms with Crippen molar-refractivity contribution in [2.24, 2.45) is 5.92 Å². The maximum Gasteiger partial charge on any atom is 0.419 e. The number of ether oxygens (including phenoxy) is 1. The minimum Gasteiger partial charge on any atom is -0.449 e. The van der Waals surface area contributed by atoms with Crippen LogP contribution in [0.25, 0.3) is 11.2 Å². The Morgan fingerprint density at radius 1 is 1.50 bits per heavy atom. The predicted octanol–water partition coefficient (Wildman–Crippen LogP) is 2.07. The van der Waals surface area contributed by atoms with Crippen LogP contribution in [0.1, 0.15) is 13.8 Å². The maximum absolute atomic E-state index is 11.7. The number of hydrogen-bond donors (Lipinski definition) is 0. The van der Waals surface area contributed by atoms with E-state index < -0.39 is 6.09 Å². The molecule has 2 aromatic heterocycles. The van der Waals surface area contributed by atoms with Gasteiger partial charge in [0.2, 0.25) is 0 Å². The minimum absolute atomic E-state index is 0.317. The highest BCUT2D eigenvalue weighted by molar-refractivity contribution is 5.84. The first-order chi connectivity index (χ1) is 7.68. The van der Waals surface area contributed by atoms with Crippen molar-refractivity contribution >= 4 is 17.3 Å². The molecular formula is C11H13N3O2. The quantitative estimate of drug-likeness (QED) is 0.775. The number of nitrogens with zero attached hydrogens (tertiary/aromatic N) is 3. The van der Waals surface area contributed by atoms with E-state index in [0.717, 1.165) is 0 Å². The van der Waals surface area contributed by atoms with Gasteiger partial charge in [0.15, 0.2) is 5.65 Å². The van der Waals surface area contributed by atoms with Gasteiger partial charge < -0.3 is 4.74 Å². The van der Waals surface area contributed by atoms with Crippen molar-refractivity contribution in [1.82, 2.24) is 14.5 Å². The third-order valence-electron chi connectivity index (χ3n) is 2.06. The molecule has 0 unspecified atom stereocenters. The van der Waals surface area contributed by atoms with Crippen LogP contribution >= 0.6 is 0 Å². The molecule has 2 heterocycles. The van der Waals surface area contributed by atoms with Crippen LogP contribution in [0, 0.1) is 5.92 Å². The number of carbonyl (C=O) groups is 1. The lowest BCUT2D eigenvalue weighted by atomic mass is 10.2. The summed E-state index contributed by atoms with van der Waals surface area (Å²) in [6.07, 6.45) is 2.66. The lowest BCUT2D eigenvalue weighted by Crippen LogP contribution is -2.15. The molecule has 0 atom stereocenters. The summed E-state index contributed by atoms with van der Waals surface area (Å²) >= 11 is 0. The monoisotopic (exact) mass is 219 g/mol. The van der Waals surface area contributed by atoms with Crippen molar-refractivity contribution < 1.29 is 9.53 Å². The zero-order chi connectivity index (χ0) is 11.5. The summed E-state index contributed by atoms with van der Waals surface area (Å²) in [5.74, 6) is 0.317. The van der Waals surface area contributed by atoms with Gasteiger partial charge in [-0.2, -0.15) is 0 Å². The Kier molecular flexibility index (Phi) is 2.85. The molecule has 5 heteroatoms. The van der Waals surface area contributed by atoms with Crippen LogP contribution in [0.3, 0.4) is 0 Å². The van der Waals surface area contributed by atoms with E-state index >= 15 is 0 Å². The topological polar surface area (TPSA) is 57.0 Å². The van der Waals surface area contributed by atoms with Crippen molar-refractivity contribution in [1.29, 1.82) is 0 Å². The van der Waals surface area contributed by atoms with Crippen molar-refractivity contribution in [2.45, 2.75) is 13.8 Å². The summed E-state index contributed by atoms with van der Waals surface area (Å²) in [6.45, 7) is 4.38. The van der Waals surface area contributed by atoms with Gasteiger partial charge in [0.05, 0.1) is 12.1 Å². The molecule has 0 radical (unpaired) electrons. The fourth-order valence-corrected chi connectivity index (χ4v) is 1.30. The van der Waals surface area contributed by atoms with Crippen molar-refractivity contribution in [2.75, 3.05) is 6.61 Å². The highest BCUT2D eigenvalue weighted by Gasteiger charge is 2.11. The van der Waals surface area contributed by atoms with Crippen LogP contribution in [-0.4, -0.2) is 27.2 Å². The molecule has 16 heavy (non-hydrogen) atoms. The molecule has 0 aromatic carbocycles. The Bertz CT molecular complexity index is 505. The number of rotatable bonds is 2. The fraction of sp³-hybridized carbons (Fsp3) is 0.364. The molecule has 0 amide bonds. The van der Waals surface area contributed by atoms with Crippen LogP contribution in [0.4, 0.5) is 4.79 Å². The molecule has 0 N–H and O–H groups in total. The van der Waals surface area contributed by atoms with E-state index in [9.17, 15) is 4.79 Å². The molecule has 0 bridgehead atoms. The number of aromatic nitrogens is 3. The Balaban J connectivity index is 2.23. The summed E-state index contributed by atoms with van der Waals surface area (Å²) in [6, 6.07) is 3.54. The number of pyridine rings is 1. The largest absolute Gasteiger partial charge is 0.449 e. The molecule has 0 spiro atoms. The van der Waals surface area contributed by atoms with E-state index in [1.165, 1.54) is 10.9 Å². The predicted molar refractivity (Wildman–Crippen MR) is 59.1 cm³/mol.